The Morgan fingerprint density at radius 1 is 1.00 bits per heavy atom. The van der Waals surface area contributed by atoms with Crippen LogP contribution in [0.25, 0.3) is 22.2 Å². The lowest BCUT2D eigenvalue weighted by Crippen LogP contribution is -2.41. The topological polar surface area (TPSA) is 127 Å². The van der Waals surface area contributed by atoms with Crippen molar-refractivity contribution in [3.05, 3.63) is 77.4 Å². The number of aromatic nitrogens is 1. The van der Waals surface area contributed by atoms with Crippen molar-refractivity contribution >= 4 is 26.8 Å². The Hall–Kier alpha value is -4.07. The zero-order chi connectivity index (χ0) is 33.1. The van der Waals surface area contributed by atoms with E-state index in [0.717, 1.165) is 24.0 Å². The lowest BCUT2D eigenvalue weighted by atomic mass is 9.88. The van der Waals surface area contributed by atoms with Gasteiger partial charge in [0.25, 0.3) is 0 Å². The average molecular weight is 659 g/mol. The number of methoxy groups -OCH3 is 2. The number of nitrogens with two attached hydrogens (primary N) is 1. The van der Waals surface area contributed by atoms with E-state index >= 15 is 0 Å². The fraction of sp³-hybridized carbons (Fsp3) is 0.364. The number of halogens is 3. The van der Waals surface area contributed by atoms with Crippen LogP contribution in [0.3, 0.4) is 0 Å². The van der Waals surface area contributed by atoms with Gasteiger partial charge in [-0.05, 0) is 97.4 Å². The molecule has 4 N–H and O–H groups in total. The fourth-order valence-corrected chi connectivity index (χ4v) is 6.53. The molecule has 13 heteroatoms. The second-order valence-corrected chi connectivity index (χ2v) is 13.0. The summed E-state index contributed by atoms with van der Waals surface area (Å²) in [4.78, 5) is 17.9. The number of ether oxygens (including phenoxy) is 2. The molecule has 0 spiro atoms. The first-order chi connectivity index (χ1) is 21.8. The summed E-state index contributed by atoms with van der Waals surface area (Å²) in [6, 6.07) is 17.0. The zero-order valence-electron chi connectivity index (χ0n) is 25.6. The molecule has 1 aliphatic heterocycles. The molecule has 9 nitrogen and oxygen atoms in total. The maximum absolute atomic E-state index is 13.8. The summed E-state index contributed by atoms with van der Waals surface area (Å²) in [5, 5.41) is 8.58. The van der Waals surface area contributed by atoms with E-state index in [0.29, 0.717) is 59.7 Å². The molecule has 1 amide bonds. The van der Waals surface area contributed by atoms with Crippen molar-refractivity contribution in [2.24, 2.45) is 5.14 Å². The molecule has 0 saturated carbocycles. The number of nitrogens with zero attached hydrogens (tertiary/aromatic N) is 1. The number of benzene rings is 3. The molecule has 0 bridgehead atoms. The molecule has 246 valence electrons. The number of nitrogens with one attached hydrogen (secondary N) is 2. The number of fused-ring (bicyclic) bond motifs is 1. The predicted octanol–water partition coefficient (Wildman–Crippen LogP) is 5.14. The van der Waals surface area contributed by atoms with Crippen molar-refractivity contribution in [3.8, 4) is 22.8 Å². The number of aromatic amines is 1. The van der Waals surface area contributed by atoms with Crippen LogP contribution in [0.15, 0.2) is 65.6 Å². The van der Waals surface area contributed by atoms with Crippen LogP contribution in [0.5, 0.6) is 11.5 Å². The highest BCUT2D eigenvalue weighted by Crippen LogP contribution is 2.40. The van der Waals surface area contributed by atoms with Crippen molar-refractivity contribution in [2.45, 2.75) is 42.7 Å². The van der Waals surface area contributed by atoms with Crippen molar-refractivity contribution in [3.63, 3.8) is 0 Å². The number of carbonyl (C=O) groups is 1. The van der Waals surface area contributed by atoms with Gasteiger partial charge in [0.15, 0.2) is 11.5 Å². The normalized spacial score (nSPS) is 14.8. The number of rotatable bonds is 11. The van der Waals surface area contributed by atoms with Crippen LogP contribution < -0.4 is 19.9 Å². The number of primary sulfonamides is 1. The van der Waals surface area contributed by atoms with Crippen LogP contribution in [0.2, 0.25) is 0 Å². The van der Waals surface area contributed by atoms with E-state index in [9.17, 15) is 26.4 Å². The highest BCUT2D eigenvalue weighted by atomic mass is 32.2. The number of carbonyl (C=O) groups excluding carboxylic acids is 1. The first-order valence-corrected chi connectivity index (χ1v) is 16.4. The van der Waals surface area contributed by atoms with E-state index in [1.165, 1.54) is 26.4 Å². The van der Waals surface area contributed by atoms with E-state index in [-0.39, 0.29) is 28.8 Å². The van der Waals surface area contributed by atoms with Gasteiger partial charge in [0, 0.05) is 23.0 Å². The molecule has 3 aromatic carbocycles. The average Bonchev–Trinajstić information content (AvgIpc) is 3.37. The van der Waals surface area contributed by atoms with Crippen molar-refractivity contribution in [2.75, 3.05) is 40.4 Å². The number of sulfonamides is 1. The minimum atomic E-state index is -4.40. The second-order valence-electron chi connectivity index (χ2n) is 11.5. The van der Waals surface area contributed by atoms with Crippen LogP contribution >= 0.6 is 0 Å². The summed E-state index contributed by atoms with van der Waals surface area (Å²) >= 11 is 0. The minimum Gasteiger partial charge on any atom is -0.493 e. The highest BCUT2D eigenvalue weighted by molar-refractivity contribution is 7.89. The lowest BCUT2D eigenvalue weighted by molar-refractivity contribution is -0.127. The fourth-order valence-electron chi connectivity index (χ4n) is 6.02. The van der Waals surface area contributed by atoms with Crippen LogP contribution in [0, 0.1) is 0 Å². The Balaban J connectivity index is 1.22. The molecule has 0 aliphatic carbocycles. The number of piperidine rings is 1. The van der Waals surface area contributed by atoms with Gasteiger partial charge in [0.1, 0.15) is 0 Å². The molecule has 0 radical (unpaired) electrons. The van der Waals surface area contributed by atoms with Crippen LogP contribution in [-0.4, -0.2) is 70.8 Å². The summed E-state index contributed by atoms with van der Waals surface area (Å²) in [6.07, 6.45) is -3.38. The minimum absolute atomic E-state index is 0.0396. The Kier molecular flexibility index (Phi) is 9.94. The number of hydrogen-bond acceptors (Lipinski definition) is 6. The van der Waals surface area contributed by atoms with E-state index in [2.05, 4.69) is 15.2 Å². The van der Waals surface area contributed by atoms with Gasteiger partial charge < -0.3 is 19.8 Å². The van der Waals surface area contributed by atoms with E-state index in [1.54, 1.807) is 30.3 Å². The van der Waals surface area contributed by atoms with Crippen molar-refractivity contribution in [1.29, 1.82) is 0 Å². The molecule has 1 saturated heterocycles. The summed E-state index contributed by atoms with van der Waals surface area (Å²) in [7, 11) is -0.764. The van der Waals surface area contributed by atoms with Gasteiger partial charge >= 0.3 is 6.18 Å². The highest BCUT2D eigenvalue weighted by Gasteiger charge is 2.32. The lowest BCUT2D eigenvalue weighted by Gasteiger charge is -2.31. The van der Waals surface area contributed by atoms with Crippen molar-refractivity contribution < 1.29 is 35.9 Å². The zero-order valence-corrected chi connectivity index (χ0v) is 26.4. The maximum atomic E-state index is 13.8. The van der Waals surface area contributed by atoms with Gasteiger partial charge in [-0.15, -0.1) is 0 Å². The SMILES string of the molecule is COc1ccc(-c2[nH]c3ccc(C4CCN(CC(=O)NCCc5ccc(S(N)(=O)=O)cc5)CC4)cc3c2CC(F)(F)F)cc1OC. The Morgan fingerprint density at radius 3 is 2.33 bits per heavy atom. The summed E-state index contributed by atoms with van der Waals surface area (Å²) in [5.41, 5.74) is 3.63. The van der Waals surface area contributed by atoms with E-state index in [1.807, 2.05) is 18.2 Å². The first kappa shape index (κ1) is 33.3. The Labute approximate surface area is 265 Å². The standard InChI is InChI=1S/C33H37F3N4O5S/c1-44-29-10-6-24(18-30(29)45-2)32-27(19-33(34,35)36)26-17-23(5-9-28(26)39-32)22-12-15-40(16-13-22)20-31(41)38-14-11-21-3-7-25(8-4-21)46(37,42)43/h3-10,17-18,22,39H,11-16,19-20H2,1-2H3,(H,38,41)(H2,37,42,43). The third-order valence-electron chi connectivity index (χ3n) is 8.39. The number of alkyl halides is 3. The molecule has 0 unspecified atom stereocenters. The smallest absolute Gasteiger partial charge is 0.393 e. The molecule has 4 aromatic rings. The van der Waals surface area contributed by atoms with Gasteiger partial charge in [-0.3, -0.25) is 9.69 Å². The molecule has 2 heterocycles. The van der Waals surface area contributed by atoms with Crippen LogP contribution in [-0.2, 0) is 27.7 Å². The quantitative estimate of drug-likeness (QED) is 0.205. The molecular formula is C33H37F3N4O5S. The van der Waals surface area contributed by atoms with E-state index < -0.39 is 22.6 Å². The summed E-state index contributed by atoms with van der Waals surface area (Å²) < 4.78 is 74.9. The van der Waals surface area contributed by atoms with Gasteiger partial charge in [0.2, 0.25) is 15.9 Å². The van der Waals surface area contributed by atoms with Gasteiger partial charge in [-0.1, -0.05) is 18.2 Å². The number of H-pyrrole nitrogens is 1. The number of likely N-dealkylation sites (tertiary alicyclic amines) is 1. The third-order valence-corrected chi connectivity index (χ3v) is 9.32. The van der Waals surface area contributed by atoms with Gasteiger partial charge in [0.05, 0.1) is 37.8 Å². The van der Waals surface area contributed by atoms with Crippen LogP contribution in [0.1, 0.15) is 35.4 Å². The van der Waals surface area contributed by atoms with Gasteiger partial charge in [-0.25, -0.2) is 13.6 Å². The van der Waals surface area contributed by atoms with Gasteiger partial charge in [-0.2, -0.15) is 13.2 Å². The molecule has 0 atom stereocenters. The third kappa shape index (κ3) is 8.01. The number of amides is 1. The van der Waals surface area contributed by atoms with E-state index in [4.69, 9.17) is 14.6 Å². The molecule has 1 aliphatic rings. The molecule has 46 heavy (non-hydrogen) atoms. The number of hydrogen-bond donors (Lipinski definition) is 3. The summed E-state index contributed by atoms with van der Waals surface area (Å²) in [6.45, 7) is 2.03. The molecule has 5 rings (SSSR count). The maximum Gasteiger partial charge on any atom is 0.393 e. The largest absolute Gasteiger partial charge is 0.493 e. The molecule has 1 aromatic heterocycles. The second kappa shape index (κ2) is 13.7. The monoisotopic (exact) mass is 658 g/mol. The van der Waals surface area contributed by atoms with Crippen molar-refractivity contribution in [1.82, 2.24) is 15.2 Å². The van der Waals surface area contributed by atoms with Crippen LogP contribution in [0.4, 0.5) is 13.2 Å². The first-order valence-electron chi connectivity index (χ1n) is 14.9. The Bertz CT molecular complexity index is 1800. The predicted molar refractivity (Wildman–Crippen MR) is 170 cm³/mol. The molecular weight excluding hydrogens is 621 g/mol. The Morgan fingerprint density at radius 2 is 1.70 bits per heavy atom. The summed E-state index contributed by atoms with van der Waals surface area (Å²) in [5.74, 6) is 0.964. The molecule has 1 fully saturated rings.